The molecule has 0 saturated heterocycles. The van der Waals surface area contributed by atoms with E-state index in [1.807, 2.05) is 13.8 Å². The molecule has 22 heavy (non-hydrogen) atoms. The number of benzene rings is 1. The van der Waals surface area contributed by atoms with Crippen molar-refractivity contribution in [3.8, 4) is 0 Å². The first kappa shape index (κ1) is 23.0. The van der Waals surface area contributed by atoms with Gasteiger partial charge in [0.05, 0.1) is 0 Å². The highest BCUT2D eigenvalue weighted by molar-refractivity contribution is 5.64. The molecular formula is C22H38. The average Bonchev–Trinajstić information content (AvgIpc) is 2.42. The largest absolute Gasteiger partial charge is 0.0958 e. The fourth-order valence-corrected chi connectivity index (χ4v) is 1.87. The van der Waals surface area contributed by atoms with Gasteiger partial charge in [-0.25, -0.2) is 0 Å². The minimum absolute atomic E-state index is 0.174. The molecule has 0 radical (unpaired) electrons. The molecule has 1 aromatic rings. The van der Waals surface area contributed by atoms with Gasteiger partial charge in [-0.05, 0) is 48.4 Å². The Kier molecular flexibility index (Phi) is 11.8. The van der Waals surface area contributed by atoms with E-state index in [4.69, 9.17) is 0 Å². The molecule has 0 heteroatoms. The first-order valence-corrected chi connectivity index (χ1v) is 8.59. The van der Waals surface area contributed by atoms with E-state index in [0.29, 0.717) is 0 Å². The zero-order chi connectivity index (χ0) is 17.9. The minimum atomic E-state index is 0.174. The molecule has 0 bridgehead atoms. The van der Waals surface area contributed by atoms with Crippen LogP contribution in [0.15, 0.2) is 35.9 Å². The predicted octanol–water partition coefficient (Wildman–Crippen LogP) is 7.71. The van der Waals surface area contributed by atoms with E-state index >= 15 is 0 Å². The van der Waals surface area contributed by atoms with Crippen LogP contribution in [0.5, 0.6) is 0 Å². The summed E-state index contributed by atoms with van der Waals surface area (Å²) in [5.74, 6) is 0. The minimum Gasteiger partial charge on any atom is -0.0958 e. The molecular weight excluding hydrogens is 264 g/mol. The Balaban J connectivity index is 0. The van der Waals surface area contributed by atoms with Crippen LogP contribution in [-0.4, -0.2) is 0 Å². The van der Waals surface area contributed by atoms with Crippen LogP contribution in [0.4, 0.5) is 0 Å². The molecule has 1 rings (SSSR count). The van der Waals surface area contributed by atoms with E-state index < -0.39 is 0 Å². The lowest BCUT2D eigenvalue weighted by atomic mass is 9.81. The van der Waals surface area contributed by atoms with Gasteiger partial charge in [-0.1, -0.05) is 91.3 Å². The molecule has 0 nitrogen and oxygen atoms in total. The molecule has 126 valence electrons. The van der Waals surface area contributed by atoms with Gasteiger partial charge in [0, 0.05) is 0 Å². The van der Waals surface area contributed by atoms with Crippen molar-refractivity contribution in [1.29, 1.82) is 0 Å². The molecule has 0 aliphatic rings. The molecule has 0 N–H and O–H groups in total. The van der Waals surface area contributed by atoms with Gasteiger partial charge in [0.25, 0.3) is 0 Å². The van der Waals surface area contributed by atoms with Crippen molar-refractivity contribution >= 4 is 6.08 Å². The zero-order valence-electron chi connectivity index (χ0n) is 16.7. The van der Waals surface area contributed by atoms with Crippen LogP contribution >= 0.6 is 0 Å². The summed E-state index contributed by atoms with van der Waals surface area (Å²) in [6, 6.07) is 6.54. The summed E-state index contributed by atoms with van der Waals surface area (Å²) in [5.41, 5.74) is 6.64. The van der Waals surface area contributed by atoms with E-state index in [0.717, 1.165) is 5.57 Å². The monoisotopic (exact) mass is 302 g/mol. The number of rotatable bonds is 2. The Morgan fingerprint density at radius 2 is 1.55 bits per heavy atom. The standard InChI is InChI=1S/C17H24.C3H8.C2H6/c1-12(2)14(4)11-15-13(3)9-8-10-16(15)17(5,6)7;1-3-2;1-2/h8-11H,1H2,2-7H3;3H2,1-2H3;1-2H3/b14-11+;;. The van der Waals surface area contributed by atoms with Crippen LogP contribution in [0.25, 0.3) is 6.08 Å². The van der Waals surface area contributed by atoms with Crippen LogP contribution < -0.4 is 0 Å². The van der Waals surface area contributed by atoms with E-state index in [-0.39, 0.29) is 5.41 Å². The zero-order valence-corrected chi connectivity index (χ0v) is 16.7. The maximum atomic E-state index is 4.00. The van der Waals surface area contributed by atoms with Gasteiger partial charge in [-0.3, -0.25) is 0 Å². The number of allylic oxidation sites excluding steroid dienone is 2. The Bertz CT molecular complexity index is 467. The second-order valence-corrected chi connectivity index (χ2v) is 6.60. The highest BCUT2D eigenvalue weighted by atomic mass is 14.2. The number of hydrogen-bond donors (Lipinski definition) is 0. The Morgan fingerprint density at radius 1 is 1.09 bits per heavy atom. The molecule has 0 amide bonds. The van der Waals surface area contributed by atoms with Gasteiger partial charge in [0.2, 0.25) is 0 Å². The molecule has 0 aliphatic carbocycles. The predicted molar refractivity (Wildman–Crippen MR) is 106 cm³/mol. The first-order valence-electron chi connectivity index (χ1n) is 8.59. The first-order chi connectivity index (χ1) is 10.1. The van der Waals surface area contributed by atoms with Gasteiger partial charge in [-0.15, -0.1) is 0 Å². The second-order valence-electron chi connectivity index (χ2n) is 6.60. The molecule has 0 spiro atoms. The van der Waals surface area contributed by atoms with Crippen molar-refractivity contribution in [2.75, 3.05) is 0 Å². The second kappa shape index (κ2) is 11.3. The molecule has 0 saturated carbocycles. The number of aryl methyl sites for hydroxylation is 1. The lowest BCUT2D eigenvalue weighted by molar-refractivity contribution is 0.588. The third-order valence-electron chi connectivity index (χ3n) is 3.17. The smallest absolute Gasteiger partial charge is 0.0126 e. The summed E-state index contributed by atoms with van der Waals surface area (Å²) in [4.78, 5) is 0. The maximum Gasteiger partial charge on any atom is -0.0126 e. The maximum absolute atomic E-state index is 4.00. The summed E-state index contributed by atoms with van der Waals surface area (Å²) < 4.78 is 0. The quantitative estimate of drug-likeness (QED) is 0.491. The van der Waals surface area contributed by atoms with Crippen molar-refractivity contribution in [3.63, 3.8) is 0 Å². The highest BCUT2D eigenvalue weighted by Gasteiger charge is 2.17. The third kappa shape index (κ3) is 8.22. The summed E-state index contributed by atoms with van der Waals surface area (Å²) in [5, 5.41) is 0. The van der Waals surface area contributed by atoms with Gasteiger partial charge in [0.15, 0.2) is 0 Å². The lowest BCUT2D eigenvalue weighted by Gasteiger charge is -2.23. The van der Waals surface area contributed by atoms with Gasteiger partial charge in [-0.2, -0.15) is 0 Å². The van der Waals surface area contributed by atoms with Crippen LogP contribution in [0.2, 0.25) is 0 Å². The Hall–Kier alpha value is -1.30. The highest BCUT2D eigenvalue weighted by Crippen LogP contribution is 2.30. The van der Waals surface area contributed by atoms with E-state index in [9.17, 15) is 0 Å². The van der Waals surface area contributed by atoms with Gasteiger partial charge >= 0.3 is 0 Å². The van der Waals surface area contributed by atoms with Gasteiger partial charge in [0.1, 0.15) is 0 Å². The molecule has 1 aromatic carbocycles. The fraction of sp³-hybridized carbons (Fsp3) is 0.545. The normalized spacial score (nSPS) is 10.9. The molecule has 0 aliphatic heterocycles. The lowest BCUT2D eigenvalue weighted by Crippen LogP contribution is -2.13. The van der Waals surface area contributed by atoms with Crippen molar-refractivity contribution in [2.45, 2.75) is 81.1 Å². The fourth-order valence-electron chi connectivity index (χ4n) is 1.87. The van der Waals surface area contributed by atoms with Crippen LogP contribution in [-0.2, 0) is 5.41 Å². The van der Waals surface area contributed by atoms with E-state index in [1.54, 1.807) is 0 Å². The van der Waals surface area contributed by atoms with Crippen LogP contribution in [0, 0.1) is 6.92 Å². The van der Waals surface area contributed by atoms with Gasteiger partial charge < -0.3 is 0 Å². The third-order valence-corrected chi connectivity index (χ3v) is 3.17. The van der Waals surface area contributed by atoms with E-state index in [1.165, 1.54) is 28.7 Å². The van der Waals surface area contributed by atoms with Crippen molar-refractivity contribution in [3.05, 3.63) is 52.6 Å². The molecule has 0 atom stereocenters. The van der Waals surface area contributed by atoms with E-state index in [2.05, 4.69) is 86.2 Å². The summed E-state index contributed by atoms with van der Waals surface area (Å²) in [6.45, 7) is 25.4. The average molecular weight is 303 g/mol. The van der Waals surface area contributed by atoms with Crippen molar-refractivity contribution < 1.29 is 0 Å². The summed E-state index contributed by atoms with van der Waals surface area (Å²) in [7, 11) is 0. The SMILES string of the molecule is C=C(C)/C(C)=C/c1c(C)cccc1C(C)(C)C.CC.CCC. The number of hydrogen-bond acceptors (Lipinski definition) is 0. The molecule has 0 unspecified atom stereocenters. The topological polar surface area (TPSA) is 0 Å². The Labute approximate surface area is 140 Å². The molecule has 0 aromatic heterocycles. The molecule has 0 heterocycles. The Morgan fingerprint density at radius 3 is 1.91 bits per heavy atom. The van der Waals surface area contributed by atoms with Crippen LogP contribution in [0.3, 0.4) is 0 Å². The molecule has 0 fully saturated rings. The van der Waals surface area contributed by atoms with Crippen molar-refractivity contribution in [1.82, 2.24) is 0 Å². The summed E-state index contributed by atoms with van der Waals surface area (Å²) in [6.07, 6.45) is 3.51. The summed E-state index contributed by atoms with van der Waals surface area (Å²) >= 11 is 0. The van der Waals surface area contributed by atoms with Crippen LogP contribution in [0.1, 0.15) is 85.4 Å². The van der Waals surface area contributed by atoms with Crippen molar-refractivity contribution in [2.24, 2.45) is 0 Å².